The van der Waals surface area contributed by atoms with Crippen molar-refractivity contribution in [1.29, 1.82) is 0 Å². The Morgan fingerprint density at radius 3 is 2.32 bits per heavy atom. The van der Waals surface area contributed by atoms with E-state index in [9.17, 15) is 13.2 Å². The molecule has 7 nitrogen and oxygen atoms in total. The smallest absolute Gasteiger partial charge is 0.245 e. The second-order valence-electron chi connectivity index (χ2n) is 5.22. The first kappa shape index (κ1) is 18.6. The molecule has 0 spiro atoms. The second kappa shape index (κ2) is 7.89. The number of hydrogen-bond donors (Lipinski definition) is 1. The molecular formula is C17H20N2O5S. The Labute approximate surface area is 147 Å². The molecule has 2 aromatic rings. The number of methoxy groups -OCH3 is 2. The summed E-state index contributed by atoms with van der Waals surface area (Å²) in [6, 6.07) is 13.5. The number of carbonyl (C=O) groups is 1. The van der Waals surface area contributed by atoms with Crippen LogP contribution in [0, 0.1) is 0 Å². The maximum atomic E-state index is 12.3. The molecule has 1 N–H and O–H groups in total. The number of carbonyl (C=O) groups excluding carboxylic acids is 1. The first-order valence-corrected chi connectivity index (χ1v) is 9.24. The van der Waals surface area contributed by atoms with Gasteiger partial charge in [0, 0.05) is 11.8 Å². The lowest BCUT2D eigenvalue weighted by molar-refractivity contribution is -0.114. The SMILES string of the molecule is COc1ccc(N(CC(=O)Nc2ccccc2)S(C)(=O)=O)c(OC)c1. The van der Waals surface area contributed by atoms with Crippen molar-refractivity contribution in [3.8, 4) is 11.5 Å². The summed E-state index contributed by atoms with van der Waals surface area (Å²) in [5.41, 5.74) is 0.844. The van der Waals surface area contributed by atoms with Crippen LogP contribution in [-0.4, -0.2) is 41.3 Å². The van der Waals surface area contributed by atoms with Gasteiger partial charge in [0.25, 0.3) is 0 Å². The largest absolute Gasteiger partial charge is 0.497 e. The highest BCUT2D eigenvalue weighted by Gasteiger charge is 2.24. The summed E-state index contributed by atoms with van der Waals surface area (Å²) >= 11 is 0. The molecular weight excluding hydrogens is 344 g/mol. The third-order valence-electron chi connectivity index (χ3n) is 3.40. The fourth-order valence-electron chi connectivity index (χ4n) is 2.22. The van der Waals surface area contributed by atoms with Gasteiger partial charge in [0.2, 0.25) is 15.9 Å². The number of benzene rings is 2. The van der Waals surface area contributed by atoms with Gasteiger partial charge in [-0.2, -0.15) is 0 Å². The third-order valence-corrected chi connectivity index (χ3v) is 4.53. The summed E-state index contributed by atoms with van der Waals surface area (Å²) < 4.78 is 35.7. The van der Waals surface area contributed by atoms with Crippen LogP contribution in [0.1, 0.15) is 0 Å². The second-order valence-corrected chi connectivity index (χ2v) is 7.13. The normalized spacial score (nSPS) is 10.8. The number of para-hydroxylation sites is 1. The summed E-state index contributed by atoms with van der Waals surface area (Å²) in [6.45, 7) is -0.379. The molecule has 0 heterocycles. The lowest BCUT2D eigenvalue weighted by atomic mass is 10.2. The number of amides is 1. The maximum Gasteiger partial charge on any atom is 0.245 e. The Bertz CT molecular complexity index is 837. The first-order valence-electron chi connectivity index (χ1n) is 7.40. The highest BCUT2D eigenvalue weighted by Crippen LogP contribution is 2.33. The maximum absolute atomic E-state index is 12.3. The molecule has 134 valence electrons. The number of hydrogen-bond acceptors (Lipinski definition) is 5. The predicted molar refractivity (Wildman–Crippen MR) is 96.8 cm³/mol. The Balaban J connectivity index is 2.30. The van der Waals surface area contributed by atoms with Gasteiger partial charge < -0.3 is 14.8 Å². The molecule has 25 heavy (non-hydrogen) atoms. The molecule has 0 aliphatic heterocycles. The molecule has 0 aliphatic carbocycles. The Kier molecular flexibility index (Phi) is 5.87. The number of nitrogens with zero attached hydrogens (tertiary/aromatic N) is 1. The molecule has 0 bridgehead atoms. The van der Waals surface area contributed by atoms with Crippen molar-refractivity contribution < 1.29 is 22.7 Å². The van der Waals surface area contributed by atoms with Gasteiger partial charge in [0.15, 0.2) is 0 Å². The molecule has 2 aromatic carbocycles. The topological polar surface area (TPSA) is 84.9 Å². The number of rotatable bonds is 7. The van der Waals surface area contributed by atoms with Crippen LogP contribution in [-0.2, 0) is 14.8 Å². The number of ether oxygens (including phenoxy) is 2. The Morgan fingerprint density at radius 2 is 1.76 bits per heavy atom. The van der Waals surface area contributed by atoms with E-state index in [1.54, 1.807) is 36.4 Å². The average Bonchev–Trinajstić information content (AvgIpc) is 2.59. The van der Waals surface area contributed by atoms with Gasteiger partial charge in [-0.1, -0.05) is 18.2 Å². The quantitative estimate of drug-likeness (QED) is 0.813. The van der Waals surface area contributed by atoms with Gasteiger partial charge in [0.1, 0.15) is 18.0 Å². The highest BCUT2D eigenvalue weighted by molar-refractivity contribution is 7.92. The molecule has 0 fully saturated rings. The molecule has 1 amide bonds. The van der Waals surface area contributed by atoms with Gasteiger partial charge in [0.05, 0.1) is 26.2 Å². The lowest BCUT2D eigenvalue weighted by Gasteiger charge is -2.24. The summed E-state index contributed by atoms with van der Waals surface area (Å²) in [5, 5.41) is 2.66. The van der Waals surface area contributed by atoms with Crippen molar-refractivity contribution in [2.75, 3.05) is 36.6 Å². The van der Waals surface area contributed by atoms with E-state index in [4.69, 9.17) is 9.47 Å². The van der Waals surface area contributed by atoms with E-state index in [1.165, 1.54) is 20.3 Å². The van der Waals surface area contributed by atoms with E-state index >= 15 is 0 Å². The van der Waals surface area contributed by atoms with Crippen molar-refractivity contribution in [3.05, 3.63) is 48.5 Å². The summed E-state index contributed by atoms with van der Waals surface area (Å²) in [6.07, 6.45) is 1.03. The molecule has 0 aliphatic rings. The van der Waals surface area contributed by atoms with Crippen LogP contribution in [0.25, 0.3) is 0 Å². The van der Waals surface area contributed by atoms with E-state index in [0.29, 0.717) is 11.4 Å². The number of anilines is 2. The molecule has 0 radical (unpaired) electrons. The molecule has 0 saturated carbocycles. The van der Waals surface area contributed by atoms with Crippen molar-refractivity contribution in [3.63, 3.8) is 0 Å². The molecule has 0 saturated heterocycles. The minimum atomic E-state index is -3.71. The lowest BCUT2D eigenvalue weighted by Crippen LogP contribution is -2.37. The number of sulfonamides is 1. The summed E-state index contributed by atoms with van der Waals surface area (Å²) in [5.74, 6) is 0.342. The minimum Gasteiger partial charge on any atom is -0.497 e. The van der Waals surface area contributed by atoms with E-state index in [-0.39, 0.29) is 18.0 Å². The van der Waals surface area contributed by atoms with Crippen LogP contribution >= 0.6 is 0 Å². The summed E-state index contributed by atoms with van der Waals surface area (Å²) in [4.78, 5) is 12.3. The molecule has 2 rings (SSSR count). The number of nitrogens with one attached hydrogen (secondary N) is 1. The predicted octanol–water partition coefficient (Wildman–Crippen LogP) is 2.11. The van der Waals surface area contributed by atoms with Crippen molar-refractivity contribution in [2.24, 2.45) is 0 Å². The van der Waals surface area contributed by atoms with Crippen LogP contribution in [0.5, 0.6) is 11.5 Å². The monoisotopic (exact) mass is 364 g/mol. The zero-order chi connectivity index (χ0) is 18.4. The standard InChI is InChI=1S/C17H20N2O5S/c1-23-14-9-10-15(16(11-14)24-2)19(25(3,21)22)12-17(20)18-13-7-5-4-6-8-13/h4-11H,12H2,1-3H3,(H,18,20). The van der Waals surface area contributed by atoms with Crippen molar-refractivity contribution in [2.45, 2.75) is 0 Å². The third kappa shape index (κ3) is 4.87. The zero-order valence-corrected chi connectivity index (χ0v) is 15.0. The fourth-order valence-corrected chi connectivity index (χ4v) is 3.08. The van der Waals surface area contributed by atoms with Gasteiger partial charge in [-0.15, -0.1) is 0 Å². The molecule has 0 atom stereocenters. The van der Waals surface area contributed by atoms with Crippen molar-refractivity contribution >= 4 is 27.3 Å². The van der Waals surface area contributed by atoms with Crippen LogP contribution in [0.2, 0.25) is 0 Å². The van der Waals surface area contributed by atoms with Gasteiger partial charge in [-0.25, -0.2) is 8.42 Å². The molecule has 0 unspecified atom stereocenters. The average molecular weight is 364 g/mol. The van der Waals surface area contributed by atoms with Gasteiger partial charge in [-0.3, -0.25) is 9.10 Å². The van der Waals surface area contributed by atoms with Crippen LogP contribution in [0.4, 0.5) is 11.4 Å². The van der Waals surface area contributed by atoms with E-state index in [2.05, 4.69) is 5.32 Å². The van der Waals surface area contributed by atoms with E-state index in [0.717, 1.165) is 10.6 Å². The fraction of sp³-hybridized carbons (Fsp3) is 0.235. The van der Waals surface area contributed by atoms with Crippen molar-refractivity contribution in [1.82, 2.24) is 0 Å². The van der Waals surface area contributed by atoms with Crippen LogP contribution in [0.15, 0.2) is 48.5 Å². The van der Waals surface area contributed by atoms with Gasteiger partial charge in [-0.05, 0) is 24.3 Å². The summed E-state index contributed by atoms with van der Waals surface area (Å²) in [7, 11) is -0.790. The first-order chi connectivity index (χ1) is 11.8. The Morgan fingerprint density at radius 1 is 1.08 bits per heavy atom. The van der Waals surface area contributed by atoms with Crippen LogP contribution in [0.3, 0.4) is 0 Å². The highest BCUT2D eigenvalue weighted by atomic mass is 32.2. The zero-order valence-electron chi connectivity index (χ0n) is 14.2. The van der Waals surface area contributed by atoms with E-state index in [1.807, 2.05) is 6.07 Å². The molecule has 0 aromatic heterocycles. The Hall–Kier alpha value is -2.74. The van der Waals surface area contributed by atoms with E-state index < -0.39 is 15.9 Å². The minimum absolute atomic E-state index is 0.258. The van der Waals surface area contributed by atoms with Crippen LogP contribution < -0.4 is 19.1 Å². The van der Waals surface area contributed by atoms with Gasteiger partial charge >= 0.3 is 0 Å². The molecule has 8 heteroatoms.